The molecule has 0 bridgehead atoms. The van der Waals surface area contributed by atoms with Crippen LogP contribution in [-0.2, 0) is 6.42 Å². The number of fused-ring (bicyclic) bond motifs is 1. The van der Waals surface area contributed by atoms with Gasteiger partial charge in [0.15, 0.2) is 0 Å². The molecule has 0 amide bonds. The van der Waals surface area contributed by atoms with E-state index in [0.717, 1.165) is 5.69 Å². The quantitative estimate of drug-likeness (QED) is 0.577. The molecule has 4 rings (SSSR count). The van der Waals surface area contributed by atoms with Gasteiger partial charge in [-0.3, -0.25) is 20.0 Å². The van der Waals surface area contributed by atoms with Crippen molar-refractivity contribution in [3.63, 3.8) is 0 Å². The summed E-state index contributed by atoms with van der Waals surface area (Å²) in [5, 5.41) is 25.8. The number of phenols is 2. The summed E-state index contributed by atoms with van der Waals surface area (Å²) in [5.74, 6) is -0.0952. The highest BCUT2D eigenvalue weighted by Gasteiger charge is 2.24. The third-order valence-electron chi connectivity index (χ3n) is 4.45. The van der Waals surface area contributed by atoms with Crippen molar-refractivity contribution in [3.05, 3.63) is 40.1 Å². The Bertz CT molecular complexity index is 1090. The van der Waals surface area contributed by atoms with Gasteiger partial charge in [-0.05, 0) is 17.5 Å². The van der Waals surface area contributed by atoms with Gasteiger partial charge in [-0.1, -0.05) is 13.8 Å². The fourth-order valence-electron chi connectivity index (χ4n) is 3.15. The van der Waals surface area contributed by atoms with Crippen LogP contribution >= 0.6 is 0 Å². The molecule has 8 nitrogen and oxygen atoms in total. The minimum Gasteiger partial charge on any atom is -0.508 e. The molecule has 0 unspecified atom stereocenters. The Kier molecular flexibility index (Phi) is 3.61. The second kappa shape index (κ2) is 5.83. The Morgan fingerprint density at radius 3 is 2.69 bits per heavy atom. The first-order valence-corrected chi connectivity index (χ1v) is 8.21. The summed E-state index contributed by atoms with van der Waals surface area (Å²) < 4.78 is 0. The molecular weight excluding hydrogens is 334 g/mol. The Balaban J connectivity index is 1.98. The predicted octanol–water partition coefficient (Wildman–Crippen LogP) is 2.62. The average molecular weight is 351 g/mol. The highest BCUT2D eigenvalue weighted by Crippen LogP contribution is 2.41. The second-order valence-electron chi connectivity index (χ2n) is 6.45. The minimum atomic E-state index is -0.374. The summed E-state index contributed by atoms with van der Waals surface area (Å²) in [4.78, 5) is 25.2. The van der Waals surface area contributed by atoms with E-state index in [1.54, 1.807) is 12.3 Å². The molecule has 8 heteroatoms. The molecule has 3 heterocycles. The van der Waals surface area contributed by atoms with E-state index in [4.69, 9.17) is 0 Å². The molecule has 0 radical (unpaired) electrons. The highest BCUT2D eigenvalue weighted by atomic mass is 16.3. The highest BCUT2D eigenvalue weighted by molar-refractivity contribution is 5.90. The van der Waals surface area contributed by atoms with Gasteiger partial charge in [0.1, 0.15) is 29.2 Å². The molecule has 1 aliphatic rings. The van der Waals surface area contributed by atoms with Crippen LogP contribution in [-0.4, -0.2) is 36.6 Å². The number of nitrogens with zero attached hydrogens (tertiary/aromatic N) is 3. The molecule has 1 aliphatic heterocycles. The van der Waals surface area contributed by atoms with E-state index in [2.05, 4.69) is 25.2 Å². The largest absolute Gasteiger partial charge is 0.508 e. The van der Waals surface area contributed by atoms with E-state index >= 15 is 0 Å². The Hall–Kier alpha value is -3.42. The second-order valence-corrected chi connectivity index (χ2v) is 6.45. The van der Waals surface area contributed by atoms with Gasteiger partial charge in [0.2, 0.25) is 0 Å². The number of hydrogen-bond acceptors (Lipinski definition) is 6. The molecule has 0 atom stereocenters. The molecule has 4 N–H and O–H groups in total. The molecule has 1 aromatic carbocycles. The van der Waals surface area contributed by atoms with E-state index in [0.29, 0.717) is 34.6 Å². The Morgan fingerprint density at radius 1 is 1.12 bits per heavy atom. The molecule has 0 saturated carbocycles. The summed E-state index contributed by atoms with van der Waals surface area (Å²) in [6.07, 6.45) is 3.71. The van der Waals surface area contributed by atoms with Crippen LogP contribution in [0.5, 0.6) is 11.5 Å². The molecule has 3 aromatic rings. The van der Waals surface area contributed by atoms with Crippen LogP contribution in [0.15, 0.2) is 28.2 Å². The zero-order valence-corrected chi connectivity index (χ0v) is 14.2. The lowest BCUT2D eigenvalue weighted by Gasteiger charge is -2.13. The van der Waals surface area contributed by atoms with Crippen LogP contribution in [0, 0.1) is 0 Å². The number of rotatable bonds is 3. The summed E-state index contributed by atoms with van der Waals surface area (Å²) in [5.41, 5.74) is 3.06. The first-order chi connectivity index (χ1) is 12.5. The van der Waals surface area contributed by atoms with E-state index in [-0.39, 0.29) is 28.5 Å². The SMILES string of the molecule is CC(C)c1cc(-c2[nH][nH]c(=O)c2-c2ncnc3c2N=CC3)c(O)cc1O. The Morgan fingerprint density at radius 2 is 1.92 bits per heavy atom. The topological polar surface area (TPSA) is 127 Å². The number of hydrogen-bond donors (Lipinski definition) is 4. The summed E-state index contributed by atoms with van der Waals surface area (Å²) in [6, 6.07) is 2.95. The van der Waals surface area contributed by atoms with Gasteiger partial charge in [0.05, 0.1) is 17.0 Å². The van der Waals surface area contributed by atoms with Crippen molar-refractivity contribution in [3.8, 4) is 34.0 Å². The lowest BCUT2D eigenvalue weighted by molar-refractivity contribution is 0.445. The van der Waals surface area contributed by atoms with E-state index in [1.807, 2.05) is 13.8 Å². The van der Waals surface area contributed by atoms with Crippen LogP contribution in [0.2, 0.25) is 0 Å². The number of aromatic nitrogens is 4. The maximum Gasteiger partial charge on any atom is 0.274 e. The number of H-pyrrole nitrogens is 2. The van der Waals surface area contributed by atoms with E-state index in [9.17, 15) is 15.0 Å². The fraction of sp³-hybridized carbons (Fsp3) is 0.222. The van der Waals surface area contributed by atoms with Crippen molar-refractivity contribution in [2.75, 3.05) is 0 Å². The normalized spacial score (nSPS) is 12.7. The van der Waals surface area contributed by atoms with Crippen LogP contribution in [0.3, 0.4) is 0 Å². The molecule has 0 saturated heterocycles. The zero-order valence-electron chi connectivity index (χ0n) is 14.2. The molecule has 0 fully saturated rings. The van der Waals surface area contributed by atoms with Gasteiger partial charge < -0.3 is 10.2 Å². The monoisotopic (exact) mass is 351 g/mol. The zero-order chi connectivity index (χ0) is 18.4. The summed E-state index contributed by atoms with van der Waals surface area (Å²) in [6.45, 7) is 3.87. The van der Waals surface area contributed by atoms with Gasteiger partial charge in [-0.25, -0.2) is 9.97 Å². The number of aliphatic imine (C=N–C) groups is 1. The number of aromatic hydroxyl groups is 2. The van der Waals surface area contributed by atoms with Crippen LogP contribution in [0.25, 0.3) is 22.5 Å². The van der Waals surface area contributed by atoms with Crippen molar-refractivity contribution in [1.82, 2.24) is 20.2 Å². The first kappa shape index (κ1) is 16.1. The summed E-state index contributed by atoms with van der Waals surface area (Å²) >= 11 is 0. The van der Waals surface area contributed by atoms with Crippen LogP contribution in [0.4, 0.5) is 5.69 Å². The van der Waals surface area contributed by atoms with Gasteiger partial charge >= 0.3 is 0 Å². The third kappa shape index (κ3) is 2.38. The molecule has 132 valence electrons. The smallest absolute Gasteiger partial charge is 0.274 e. The van der Waals surface area contributed by atoms with Crippen LogP contribution in [0.1, 0.15) is 31.0 Å². The lowest BCUT2D eigenvalue weighted by Crippen LogP contribution is -2.04. The average Bonchev–Trinajstić information content (AvgIpc) is 3.21. The number of nitrogens with one attached hydrogen (secondary N) is 2. The van der Waals surface area contributed by atoms with Gasteiger partial charge in [-0.2, -0.15) is 0 Å². The van der Waals surface area contributed by atoms with E-state index in [1.165, 1.54) is 12.4 Å². The van der Waals surface area contributed by atoms with Crippen molar-refractivity contribution in [1.29, 1.82) is 0 Å². The molecule has 0 aliphatic carbocycles. The molecule has 2 aromatic heterocycles. The van der Waals surface area contributed by atoms with Gasteiger partial charge in [0, 0.05) is 24.3 Å². The maximum atomic E-state index is 12.5. The van der Waals surface area contributed by atoms with Crippen LogP contribution < -0.4 is 5.56 Å². The first-order valence-electron chi connectivity index (χ1n) is 8.21. The number of phenolic OH excluding ortho intramolecular Hbond substituents is 2. The standard InChI is InChI=1S/C18H17N5O3/c1-8(2)9-5-10(13(25)6-12(9)24)15-14(18(26)23-22-15)17-16-11(3-4-19-16)20-7-21-17/h4-8,24-25H,3H2,1-2H3,(H2,22,23,26). The van der Waals surface area contributed by atoms with Crippen molar-refractivity contribution < 1.29 is 10.2 Å². The van der Waals surface area contributed by atoms with E-state index < -0.39 is 0 Å². The third-order valence-corrected chi connectivity index (χ3v) is 4.45. The van der Waals surface area contributed by atoms with Gasteiger partial charge in [0.25, 0.3) is 5.56 Å². The molecule has 26 heavy (non-hydrogen) atoms. The molecular formula is C18H17N5O3. The number of benzene rings is 1. The summed E-state index contributed by atoms with van der Waals surface area (Å²) in [7, 11) is 0. The number of aromatic amines is 2. The Labute approximate surface area is 148 Å². The van der Waals surface area contributed by atoms with Crippen molar-refractivity contribution in [2.45, 2.75) is 26.2 Å². The van der Waals surface area contributed by atoms with Crippen molar-refractivity contribution >= 4 is 11.9 Å². The van der Waals surface area contributed by atoms with Crippen molar-refractivity contribution in [2.24, 2.45) is 4.99 Å². The molecule has 0 spiro atoms. The predicted molar refractivity (Wildman–Crippen MR) is 97.2 cm³/mol. The minimum absolute atomic E-state index is 0.00760. The maximum absolute atomic E-state index is 12.5. The van der Waals surface area contributed by atoms with Gasteiger partial charge in [-0.15, -0.1) is 0 Å². The fourth-order valence-corrected chi connectivity index (χ4v) is 3.15. The lowest BCUT2D eigenvalue weighted by atomic mass is 9.95.